The fraction of sp³-hybridized carbons (Fsp3) is 0.125. The number of amides is 1. The van der Waals surface area contributed by atoms with Crippen molar-refractivity contribution in [1.82, 2.24) is 5.32 Å². The minimum Gasteiger partial charge on any atom is -0.505 e. The molecule has 0 spiro atoms. The van der Waals surface area contributed by atoms with E-state index in [1.807, 2.05) is 13.0 Å². The van der Waals surface area contributed by atoms with Gasteiger partial charge in [-0.2, -0.15) is 0 Å². The number of nitrogens with one attached hydrogen (secondary N) is 2. The number of halogens is 3. The van der Waals surface area contributed by atoms with E-state index in [0.29, 0.717) is 17.0 Å². The number of aryl methyl sites for hydroxylation is 1. The molecule has 2 aromatic carbocycles. The summed E-state index contributed by atoms with van der Waals surface area (Å²) in [5, 5.41) is 15.1. The summed E-state index contributed by atoms with van der Waals surface area (Å²) in [5.41, 5.74) is 1.56. The van der Waals surface area contributed by atoms with Gasteiger partial charge in [-0.25, -0.2) is 0 Å². The molecule has 2 aromatic rings. The molecule has 0 saturated carbocycles. The smallest absolute Gasteiger partial charge is 0.261 e. The summed E-state index contributed by atoms with van der Waals surface area (Å²) in [5.74, 6) is -0.202. The number of phenols is 1. The molecule has 1 amide bonds. The van der Waals surface area contributed by atoms with Crippen molar-refractivity contribution in [1.29, 1.82) is 0 Å². The lowest BCUT2D eigenvalue weighted by Gasteiger charge is -2.14. The number of methoxy groups -OCH3 is 1. The Morgan fingerprint density at radius 2 is 1.84 bits per heavy atom. The highest BCUT2D eigenvalue weighted by Gasteiger charge is 2.17. The molecule has 0 aliphatic carbocycles. The Labute approximate surface area is 168 Å². The van der Waals surface area contributed by atoms with Crippen LogP contribution in [0.4, 0.5) is 5.69 Å². The largest absolute Gasteiger partial charge is 0.505 e. The number of rotatable bonds is 3. The van der Waals surface area contributed by atoms with Crippen LogP contribution in [0.5, 0.6) is 11.5 Å². The SMILES string of the molecule is COc1c(C)cc(Br)cc1C(=O)NC(=S)Nc1cc(Cl)c(O)c(Cl)c1. The van der Waals surface area contributed by atoms with E-state index < -0.39 is 5.91 Å². The number of anilines is 1. The average Bonchev–Trinajstić information content (AvgIpc) is 2.51. The van der Waals surface area contributed by atoms with E-state index in [2.05, 4.69) is 26.6 Å². The summed E-state index contributed by atoms with van der Waals surface area (Å²) in [6, 6.07) is 6.35. The number of aromatic hydroxyl groups is 1. The van der Waals surface area contributed by atoms with E-state index in [9.17, 15) is 9.90 Å². The van der Waals surface area contributed by atoms with Crippen molar-refractivity contribution in [3.63, 3.8) is 0 Å². The molecular formula is C16H13BrCl2N2O3S. The topological polar surface area (TPSA) is 70.6 Å². The van der Waals surface area contributed by atoms with Gasteiger partial charge in [-0.3, -0.25) is 10.1 Å². The minimum absolute atomic E-state index is 0.0440. The van der Waals surface area contributed by atoms with Crippen molar-refractivity contribution in [3.8, 4) is 11.5 Å². The molecule has 0 fully saturated rings. The highest BCUT2D eigenvalue weighted by molar-refractivity contribution is 9.10. The van der Waals surface area contributed by atoms with Gasteiger partial charge in [0.05, 0.1) is 22.7 Å². The molecule has 0 aliphatic heterocycles. The van der Waals surface area contributed by atoms with E-state index in [1.54, 1.807) is 6.07 Å². The van der Waals surface area contributed by atoms with E-state index in [-0.39, 0.29) is 20.9 Å². The Balaban J connectivity index is 2.17. The molecule has 0 saturated heterocycles. The van der Waals surface area contributed by atoms with Crippen LogP contribution in [-0.4, -0.2) is 23.2 Å². The van der Waals surface area contributed by atoms with Gasteiger partial charge >= 0.3 is 0 Å². The number of ether oxygens (including phenoxy) is 1. The number of thiocarbonyl (C=S) groups is 1. The van der Waals surface area contributed by atoms with E-state index in [1.165, 1.54) is 19.2 Å². The summed E-state index contributed by atoms with van der Waals surface area (Å²) < 4.78 is 6.03. The van der Waals surface area contributed by atoms with Gasteiger partial charge in [-0.1, -0.05) is 39.1 Å². The zero-order valence-corrected chi connectivity index (χ0v) is 17.0. The number of hydrogen-bond acceptors (Lipinski definition) is 4. The van der Waals surface area contributed by atoms with Crippen LogP contribution in [0.3, 0.4) is 0 Å². The zero-order chi connectivity index (χ0) is 18.7. The molecular weight excluding hydrogens is 451 g/mol. The van der Waals surface area contributed by atoms with Crippen LogP contribution in [0, 0.1) is 6.92 Å². The molecule has 132 valence electrons. The van der Waals surface area contributed by atoms with E-state index in [4.69, 9.17) is 40.2 Å². The molecule has 25 heavy (non-hydrogen) atoms. The second kappa shape index (κ2) is 8.23. The molecule has 0 unspecified atom stereocenters. The second-order valence-corrected chi connectivity index (χ2v) is 7.14. The Morgan fingerprint density at radius 1 is 1.24 bits per heavy atom. The minimum atomic E-state index is -0.435. The quantitative estimate of drug-likeness (QED) is 0.445. The monoisotopic (exact) mass is 462 g/mol. The summed E-state index contributed by atoms with van der Waals surface area (Å²) >= 11 is 20.2. The molecule has 3 N–H and O–H groups in total. The van der Waals surface area contributed by atoms with Crippen molar-refractivity contribution >= 4 is 68.1 Å². The molecule has 2 rings (SSSR count). The molecule has 5 nitrogen and oxygen atoms in total. The van der Waals surface area contributed by atoms with Crippen LogP contribution in [0.25, 0.3) is 0 Å². The average molecular weight is 464 g/mol. The zero-order valence-electron chi connectivity index (χ0n) is 13.1. The van der Waals surface area contributed by atoms with Gasteiger partial charge in [0, 0.05) is 10.2 Å². The summed E-state index contributed by atoms with van der Waals surface area (Å²) in [6.45, 7) is 1.83. The maximum Gasteiger partial charge on any atom is 0.261 e. The summed E-state index contributed by atoms with van der Waals surface area (Å²) in [6.07, 6.45) is 0. The molecule has 0 radical (unpaired) electrons. The van der Waals surface area contributed by atoms with Crippen molar-refractivity contribution in [2.45, 2.75) is 6.92 Å². The van der Waals surface area contributed by atoms with Crippen molar-refractivity contribution in [3.05, 3.63) is 49.9 Å². The van der Waals surface area contributed by atoms with Gasteiger partial charge in [0.2, 0.25) is 0 Å². The van der Waals surface area contributed by atoms with Gasteiger partial charge in [-0.05, 0) is 49.0 Å². The number of hydrogen-bond donors (Lipinski definition) is 3. The highest BCUT2D eigenvalue weighted by atomic mass is 79.9. The molecule has 0 heterocycles. The third-order valence-electron chi connectivity index (χ3n) is 3.19. The van der Waals surface area contributed by atoms with Gasteiger partial charge in [0.15, 0.2) is 10.9 Å². The summed E-state index contributed by atoms with van der Waals surface area (Å²) in [7, 11) is 1.49. The molecule has 0 aromatic heterocycles. The fourth-order valence-electron chi connectivity index (χ4n) is 2.14. The Morgan fingerprint density at radius 3 is 2.40 bits per heavy atom. The molecule has 0 bridgehead atoms. The summed E-state index contributed by atoms with van der Waals surface area (Å²) in [4.78, 5) is 12.5. The third-order valence-corrected chi connectivity index (χ3v) is 4.43. The highest BCUT2D eigenvalue weighted by Crippen LogP contribution is 2.34. The number of carbonyl (C=O) groups excluding carboxylic acids is 1. The maximum atomic E-state index is 12.5. The molecule has 9 heteroatoms. The van der Waals surface area contributed by atoms with E-state index >= 15 is 0 Å². The van der Waals surface area contributed by atoms with Crippen LogP contribution in [0.15, 0.2) is 28.7 Å². The van der Waals surface area contributed by atoms with Gasteiger partial charge < -0.3 is 15.2 Å². The first-order chi connectivity index (χ1) is 11.7. The first-order valence-corrected chi connectivity index (χ1v) is 8.83. The fourth-order valence-corrected chi connectivity index (χ4v) is 3.41. The normalized spacial score (nSPS) is 10.3. The van der Waals surface area contributed by atoms with Gasteiger partial charge in [-0.15, -0.1) is 0 Å². The Kier molecular flexibility index (Phi) is 6.51. The van der Waals surface area contributed by atoms with E-state index in [0.717, 1.165) is 10.0 Å². The Hall–Kier alpha value is -1.54. The van der Waals surface area contributed by atoms with Crippen LogP contribution in [0.2, 0.25) is 10.0 Å². The standard InChI is InChI=1S/C16H13BrCl2N2O3S/c1-7-3-8(17)4-10(14(7)24-2)15(23)21-16(25)20-9-5-11(18)13(22)12(19)6-9/h3-6,22H,1-2H3,(H2,20,21,23,25). The van der Waals surface area contributed by atoms with Crippen LogP contribution in [0.1, 0.15) is 15.9 Å². The lowest BCUT2D eigenvalue weighted by Crippen LogP contribution is -2.34. The predicted molar refractivity (Wildman–Crippen MR) is 107 cm³/mol. The first kappa shape index (κ1) is 19.8. The van der Waals surface area contributed by atoms with Crippen LogP contribution >= 0.6 is 51.3 Å². The lowest BCUT2D eigenvalue weighted by molar-refractivity contribution is 0.0974. The van der Waals surface area contributed by atoms with Crippen molar-refractivity contribution in [2.24, 2.45) is 0 Å². The number of phenolic OH excluding ortho intramolecular Hbond substituents is 1. The van der Waals surface area contributed by atoms with Gasteiger partial charge in [0.1, 0.15) is 5.75 Å². The van der Waals surface area contributed by atoms with Crippen LogP contribution < -0.4 is 15.4 Å². The number of benzene rings is 2. The van der Waals surface area contributed by atoms with Crippen LogP contribution in [-0.2, 0) is 0 Å². The number of carbonyl (C=O) groups is 1. The maximum absolute atomic E-state index is 12.5. The Bertz CT molecular complexity index is 839. The molecule has 0 aliphatic rings. The second-order valence-electron chi connectivity index (χ2n) is 5.00. The molecule has 0 atom stereocenters. The third kappa shape index (κ3) is 4.76. The lowest BCUT2D eigenvalue weighted by atomic mass is 10.1. The predicted octanol–water partition coefficient (Wildman–Crippen LogP) is 4.91. The van der Waals surface area contributed by atoms with Crippen molar-refractivity contribution in [2.75, 3.05) is 12.4 Å². The van der Waals surface area contributed by atoms with Gasteiger partial charge in [0.25, 0.3) is 5.91 Å². The van der Waals surface area contributed by atoms with Crippen molar-refractivity contribution < 1.29 is 14.6 Å². The first-order valence-electron chi connectivity index (χ1n) is 6.87.